The van der Waals surface area contributed by atoms with Gasteiger partial charge in [0.1, 0.15) is 17.6 Å². The maximum absolute atomic E-state index is 12.2. The Kier molecular flexibility index (Phi) is 5.24. The first kappa shape index (κ1) is 19.4. The second kappa shape index (κ2) is 7.83. The molecule has 0 unspecified atom stereocenters. The number of carbonyl (C=O) groups is 1. The van der Waals surface area contributed by atoms with E-state index in [1.165, 1.54) is 5.56 Å². The van der Waals surface area contributed by atoms with Gasteiger partial charge in [0.15, 0.2) is 0 Å². The van der Waals surface area contributed by atoms with Crippen LogP contribution in [-0.2, 0) is 16.1 Å². The van der Waals surface area contributed by atoms with Crippen LogP contribution in [0.4, 0.5) is 5.69 Å². The number of hydrogen-bond acceptors (Lipinski definition) is 5. The van der Waals surface area contributed by atoms with Gasteiger partial charge in [-0.25, -0.2) is 4.98 Å². The van der Waals surface area contributed by atoms with Crippen LogP contribution in [0.25, 0.3) is 11.5 Å². The van der Waals surface area contributed by atoms with Crippen molar-refractivity contribution in [3.8, 4) is 11.5 Å². The average molecular weight is 394 g/mol. The van der Waals surface area contributed by atoms with Crippen molar-refractivity contribution in [2.24, 2.45) is 0 Å². The molecule has 2 aromatic heterocycles. The highest BCUT2D eigenvalue weighted by molar-refractivity contribution is 5.94. The average Bonchev–Trinajstić information content (AvgIpc) is 3.42. The van der Waals surface area contributed by atoms with Crippen molar-refractivity contribution in [1.82, 2.24) is 14.8 Å². The van der Waals surface area contributed by atoms with Gasteiger partial charge in [-0.15, -0.1) is 0 Å². The molecule has 0 bridgehead atoms. The van der Waals surface area contributed by atoms with Crippen LogP contribution in [0.2, 0.25) is 0 Å². The number of anilines is 1. The van der Waals surface area contributed by atoms with E-state index >= 15 is 0 Å². The Hall–Kier alpha value is -2.93. The number of rotatable bonds is 5. The van der Waals surface area contributed by atoms with Crippen molar-refractivity contribution in [2.45, 2.75) is 53.2 Å². The maximum atomic E-state index is 12.2. The summed E-state index contributed by atoms with van der Waals surface area (Å²) in [5, 5.41) is 7.48. The molecule has 152 valence electrons. The van der Waals surface area contributed by atoms with E-state index in [2.05, 4.69) is 29.2 Å². The summed E-state index contributed by atoms with van der Waals surface area (Å²) in [4.78, 5) is 16.8. The molecule has 29 heavy (non-hydrogen) atoms. The van der Waals surface area contributed by atoms with E-state index in [1.807, 2.05) is 42.8 Å². The zero-order valence-corrected chi connectivity index (χ0v) is 17.3. The zero-order chi connectivity index (χ0) is 20.5. The third-order valence-corrected chi connectivity index (χ3v) is 5.56. The fourth-order valence-corrected chi connectivity index (χ4v) is 3.48. The first-order valence-electron chi connectivity index (χ1n) is 9.92. The molecule has 4 rings (SSSR count). The van der Waals surface area contributed by atoms with Crippen LogP contribution in [0, 0.1) is 27.7 Å². The Labute approximate surface area is 170 Å². The molecule has 1 fully saturated rings. The molecule has 3 heterocycles. The Balaban J connectivity index is 1.48. The van der Waals surface area contributed by atoms with Crippen molar-refractivity contribution in [1.29, 1.82) is 0 Å². The number of aromatic nitrogens is 3. The topological polar surface area (TPSA) is 82.2 Å². The minimum absolute atomic E-state index is 0.0929. The molecule has 1 saturated heterocycles. The summed E-state index contributed by atoms with van der Waals surface area (Å²) in [7, 11) is 0. The molecule has 0 saturated carbocycles. The number of nitrogens with zero attached hydrogens (tertiary/aromatic N) is 3. The fraction of sp³-hybridized carbons (Fsp3) is 0.409. The molecule has 3 aromatic rings. The standard InChI is InChI=1S/C22H26N4O3/c1-13-14(2)25-26(15(13)3)12-19-16(4)29-22(24-19)17-7-9-18(10-8-17)23-21(27)20-6-5-11-28-20/h7-10,20H,5-6,11-12H2,1-4H3,(H,23,27)/t20-/m0/s1. The van der Waals surface area contributed by atoms with Crippen LogP contribution in [0.5, 0.6) is 0 Å². The molecular formula is C22H26N4O3. The summed E-state index contributed by atoms with van der Waals surface area (Å²) < 4.78 is 13.3. The first-order valence-corrected chi connectivity index (χ1v) is 9.92. The number of benzene rings is 1. The van der Waals surface area contributed by atoms with Crippen molar-refractivity contribution in [3.63, 3.8) is 0 Å². The van der Waals surface area contributed by atoms with E-state index in [-0.39, 0.29) is 12.0 Å². The van der Waals surface area contributed by atoms with E-state index in [9.17, 15) is 4.79 Å². The third kappa shape index (κ3) is 3.96. The van der Waals surface area contributed by atoms with E-state index in [1.54, 1.807) is 0 Å². The number of oxazole rings is 1. The smallest absolute Gasteiger partial charge is 0.253 e. The van der Waals surface area contributed by atoms with E-state index in [0.717, 1.165) is 46.9 Å². The predicted molar refractivity (Wildman–Crippen MR) is 110 cm³/mol. The Morgan fingerprint density at radius 3 is 2.59 bits per heavy atom. The van der Waals surface area contributed by atoms with Crippen molar-refractivity contribution in [2.75, 3.05) is 11.9 Å². The monoisotopic (exact) mass is 394 g/mol. The summed E-state index contributed by atoms with van der Waals surface area (Å²) in [5.74, 6) is 1.25. The van der Waals surface area contributed by atoms with Crippen molar-refractivity contribution < 1.29 is 13.9 Å². The van der Waals surface area contributed by atoms with Crippen LogP contribution in [0.3, 0.4) is 0 Å². The SMILES string of the molecule is Cc1nn(Cc2nc(-c3ccc(NC(=O)[C@@H]4CCCO4)cc3)oc2C)c(C)c1C. The van der Waals surface area contributed by atoms with Gasteiger partial charge in [-0.3, -0.25) is 9.48 Å². The predicted octanol–water partition coefficient (Wildman–Crippen LogP) is 3.94. The van der Waals surface area contributed by atoms with Gasteiger partial charge in [0.2, 0.25) is 5.89 Å². The number of aryl methyl sites for hydroxylation is 2. The van der Waals surface area contributed by atoms with Gasteiger partial charge in [-0.2, -0.15) is 5.10 Å². The lowest BCUT2D eigenvalue weighted by molar-refractivity contribution is -0.124. The number of nitrogens with one attached hydrogen (secondary N) is 1. The second-order valence-electron chi connectivity index (χ2n) is 7.54. The van der Waals surface area contributed by atoms with Gasteiger partial charge in [0.25, 0.3) is 5.91 Å². The summed E-state index contributed by atoms with van der Waals surface area (Å²) in [5.41, 5.74) is 5.82. The Morgan fingerprint density at radius 2 is 1.97 bits per heavy atom. The number of hydrogen-bond donors (Lipinski definition) is 1. The van der Waals surface area contributed by atoms with Crippen LogP contribution >= 0.6 is 0 Å². The fourth-order valence-electron chi connectivity index (χ4n) is 3.48. The lowest BCUT2D eigenvalue weighted by Crippen LogP contribution is -2.26. The minimum Gasteiger partial charge on any atom is -0.441 e. The van der Waals surface area contributed by atoms with Crippen LogP contribution in [-0.4, -0.2) is 33.4 Å². The van der Waals surface area contributed by atoms with E-state index in [0.29, 0.717) is 19.0 Å². The molecular weight excluding hydrogens is 368 g/mol. The highest BCUT2D eigenvalue weighted by Crippen LogP contribution is 2.25. The normalized spacial score (nSPS) is 16.3. The molecule has 1 aliphatic rings. The third-order valence-electron chi connectivity index (χ3n) is 5.56. The van der Waals surface area contributed by atoms with Gasteiger partial charge in [-0.05, 0) is 70.4 Å². The van der Waals surface area contributed by atoms with Gasteiger partial charge < -0.3 is 14.5 Å². The second-order valence-corrected chi connectivity index (χ2v) is 7.54. The molecule has 0 spiro atoms. The van der Waals surface area contributed by atoms with Crippen molar-refractivity contribution in [3.05, 3.63) is 52.7 Å². The summed E-state index contributed by atoms with van der Waals surface area (Å²) >= 11 is 0. The molecule has 0 radical (unpaired) electrons. The molecule has 1 N–H and O–H groups in total. The Morgan fingerprint density at radius 1 is 1.21 bits per heavy atom. The van der Waals surface area contributed by atoms with E-state index in [4.69, 9.17) is 9.15 Å². The largest absolute Gasteiger partial charge is 0.441 e. The van der Waals surface area contributed by atoms with E-state index < -0.39 is 0 Å². The lowest BCUT2D eigenvalue weighted by atomic mass is 10.2. The molecule has 1 aromatic carbocycles. The summed E-state index contributed by atoms with van der Waals surface area (Å²) in [6.45, 7) is 9.30. The number of ether oxygens (including phenoxy) is 1. The lowest BCUT2D eigenvalue weighted by Gasteiger charge is -2.10. The minimum atomic E-state index is -0.343. The van der Waals surface area contributed by atoms with Crippen LogP contribution < -0.4 is 5.32 Å². The quantitative estimate of drug-likeness (QED) is 0.709. The van der Waals surface area contributed by atoms with Gasteiger partial charge >= 0.3 is 0 Å². The maximum Gasteiger partial charge on any atom is 0.253 e. The summed E-state index contributed by atoms with van der Waals surface area (Å²) in [6, 6.07) is 7.50. The van der Waals surface area contributed by atoms with Gasteiger partial charge in [0.05, 0.1) is 12.2 Å². The van der Waals surface area contributed by atoms with Crippen LogP contribution in [0.15, 0.2) is 28.7 Å². The molecule has 1 atom stereocenters. The van der Waals surface area contributed by atoms with Crippen molar-refractivity contribution >= 4 is 11.6 Å². The molecule has 1 amide bonds. The highest BCUT2D eigenvalue weighted by Gasteiger charge is 2.23. The molecule has 1 aliphatic heterocycles. The number of amides is 1. The molecule has 0 aliphatic carbocycles. The summed E-state index contributed by atoms with van der Waals surface area (Å²) in [6.07, 6.45) is 1.36. The zero-order valence-electron chi connectivity index (χ0n) is 17.3. The molecule has 7 heteroatoms. The highest BCUT2D eigenvalue weighted by atomic mass is 16.5. The molecule has 7 nitrogen and oxygen atoms in total. The van der Waals surface area contributed by atoms with Gasteiger partial charge in [-0.1, -0.05) is 0 Å². The van der Waals surface area contributed by atoms with Gasteiger partial charge in [0, 0.05) is 23.6 Å². The Bertz CT molecular complexity index is 1030. The van der Waals surface area contributed by atoms with Crippen LogP contribution in [0.1, 0.15) is 41.2 Å². The number of carbonyl (C=O) groups excluding carboxylic acids is 1. The first-order chi connectivity index (χ1) is 13.9.